The summed E-state index contributed by atoms with van der Waals surface area (Å²) in [4.78, 5) is 29.6. The van der Waals surface area contributed by atoms with Crippen molar-refractivity contribution in [3.8, 4) is 11.5 Å². The number of nitrogens with zero attached hydrogens (tertiary/aromatic N) is 2. The maximum absolute atomic E-state index is 14.6. The smallest absolute Gasteiger partial charge is 0.264 e. The minimum absolute atomic E-state index is 0.0265. The molecule has 0 saturated heterocycles. The number of ether oxygens (including phenoxy) is 2. The highest BCUT2D eigenvalue weighted by molar-refractivity contribution is 7.92. The number of rotatable bonds is 14. The van der Waals surface area contributed by atoms with E-state index in [1.54, 1.807) is 49.4 Å². The summed E-state index contributed by atoms with van der Waals surface area (Å²) in [5.74, 6) is -0.468. The van der Waals surface area contributed by atoms with Crippen molar-refractivity contribution in [3.05, 3.63) is 118 Å². The summed E-state index contributed by atoms with van der Waals surface area (Å²) in [5.41, 5.74) is 2.37. The molecule has 0 bridgehead atoms. The van der Waals surface area contributed by atoms with Crippen LogP contribution < -0.4 is 19.1 Å². The van der Waals surface area contributed by atoms with Crippen LogP contribution in [0.5, 0.6) is 11.5 Å². The van der Waals surface area contributed by atoms with Crippen LogP contribution in [-0.2, 0) is 32.6 Å². The van der Waals surface area contributed by atoms with Gasteiger partial charge in [-0.15, -0.1) is 0 Å². The summed E-state index contributed by atoms with van der Waals surface area (Å²) in [6.45, 7) is 3.24. The molecule has 0 unspecified atom stereocenters. The van der Waals surface area contributed by atoms with Crippen LogP contribution in [0.25, 0.3) is 0 Å². The first-order valence-electron chi connectivity index (χ1n) is 14.8. The third-order valence-corrected chi connectivity index (χ3v) is 10.0. The number of sulfonamides is 1. The summed E-state index contributed by atoms with van der Waals surface area (Å²) in [6.07, 6.45) is 0.174. The lowest BCUT2D eigenvalue weighted by molar-refractivity contribution is -0.140. The zero-order valence-corrected chi connectivity index (χ0v) is 28.9. The van der Waals surface area contributed by atoms with Crippen molar-refractivity contribution in [2.45, 2.75) is 37.8 Å². The predicted molar refractivity (Wildman–Crippen MR) is 185 cm³/mol. The number of carbonyl (C=O) groups is 2. The number of anilines is 1. The number of carbonyl (C=O) groups excluding carboxylic acids is 2. The second-order valence-corrected chi connectivity index (χ2v) is 13.4. The number of hydrogen-bond acceptors (Lipinski definition) is 6. The van der Waals surface area contributed by atoms with Crippen LogP contribution in [0.15, 0.2) is 95.9 Å². The third kappa shape index (κ3) is 8.77. The van der Waals surface area contributed by atoms with E-state index in [9.17, 15) is 18.0 Å². The SMILES string of the molecule is CCNC(=O)[C@@H](Cc1ccccc1)N(Cc1ccc(Cl)c(Cl)c1)C(=O)CN(c1cc(OC)ccc1OC)S(=O)(=O)c1ccc(C)cc1. The number of aryl methyl sites for hydroxylation is 1. The molecular formula is C35H37Cl2N3O6S. The largest absolute Gasteiger partial charge is 0.497 e. The fourth-order valence-corrected chi connectivity index (χ4v) is 6.76. The lowest BCUT2D eigenvalue weighted by Crippen LogP contribution is -2.53. The van der Waals surface area contributed by atoms with Gasteiger partial charge in [0, 0.05) is 25.6 Å². The van der Waals surface area contributed by atoms with Gasteiger partial charge in [0.2, 0.25) is 11.8 Å². The van der Waals surface area contributed by atoms with Gasteiger partial charge in [-0.25, -0.2) is 8.42 Å². The van der Waals surface area contributed by atoms with E-state index in [0.717, 1.165) is 15.4 Å². The normalized spacial score (nSPS) is 11.8. The van der Waals surface area contributed by atoms with Gasteiger partial charge in [-0.05, 0) is 61.4 Å². The minimum Gasteiger partial charge on any atom is -0.497 e. The Hall–Kier alpha value is -4.25. The summed E-state index contributed by atoms with van der Waals surface area (Å²) in [7, 11) is -1.48. The van der Waals surface area contributed by atoms with Crippen LogP contribution in [0.3, 0.4) is 0 Å². The number of halogens is 2. The van der Waals surface area contributed by atoms with Gasteiger partial charge >= 0.3 is 0 Å². The van der Waals surface area contributed by atoms with Gasteiger partial charge in [0.25, 0.3) is 10.0 Å². The highest BCUT2D eigenvalue weighted by Gasteiger charge is 2.35. The third-order valence-electron chi connectivity index (χ3n) is 7.50. The van der Waals surface area contributed by atoms with Gasteiger partial charge in [-0.3, -0.25) is 13.9 Å². The first kappa shape index (κ1) is 35.6. The molecule has 12 heteroatoms. The molecule has 0 heterocycles. The van der Waals surface area contributed by atoms with E-state index in [1.165, 1.54) is 37.3 Å². The van der Waals surface area contributed by atoms with Gasteiger partial charge < -0.3 is 19.7 Å². The lowest BCUT2D eigenvalue weighted by Gasteiger charge is -2.34. The van der Waals surface area contributed by atoms with Crippen molar-refractivity contribution in [1.82, 2.24) is 10.2 Å². The number of nitrogens with one attached hydrogen (secondary N) is 1. The Morgan fingerprint density at radius 1 is 0.851 bits per heavy atom. The lowest BCUT2D eigenvalue weighted by atomic mass is 10.0. The monoisotopic (exact) mass is 697 g/mol. The van der Waals surface area contributed by atoms with Crippen LogP contribution in [0.2, 0.25) is 10.0 Å². The number of amides is 2. The molecule has 2 amide bonds. The maximum atomic E-state index is 14.6. The van der Waals surface area contributed by atoms with E-state index >= 15 is 0 Å². The first-order chi connectivity index (χ1) is 22.5. The molecule has 47 heavy (non-hydrogen) atoms. The zero-order chi connectivity index (χ0) is 34.1. The molecule has 4 rings (SSSR count). The summed E-state index contributed by atoms with van der Waals surface area (Å²) < 4.78 is 40.7. The second kappa shape index (κ2) is 16.0. The highest BCUT2D eigenvalue weighted by atomic mass is 35.5. The average Bonchev–Trinajstić information content (AvgIpc) is 3.07. The Morgan fingerprint density at radius 2 is 1.55 bits per heavy atom. The Labute approximate surface area is 286 Å². The van der Waals surface area contributed by atoms with Gasteiger partial charge in [-0.1, -0.05) is 77.3 Å². The van der Waals surface area contributed by atoms with Crippen molar-refractivity contribution >= 4 is 50.7 Å². The van der Waals surface area contributed by atoms with Gasteiger partial charge in [0.05, 0.1) is 34.8 Å². The summed E-state index contributed by atoms with van der Waals surface area (Å²) in [6, 6.07) is 24.2. The molecule has 0 aliphatic carbocycles. The molecule has 0 aromatic heterocycles. The molecule has 4 aromatic rings. The fraction of sp³-hybridized carbons (Fsp3) is 0.257. The molecule has 0 aliphatic rings. The van der Waals surface area contributed by atoms with Crippen LogP contribution >= 0.6 is 23.2 Å². The molecule has 0 saturated carbocycles. The van der Waals surface area contributed by atoms with Crippen molar-refractivity contribution in [2.24, 2.45) is 0 Å². The van der Waals surface area contributed by atoms with E-state index in [-0.39, 0.29) is 34.3 Å². The van der Waals surface area contributed by atoms with Crippen molar-refractivity contribution in [3.63, 3.8) is 0 Å². The Bertz CT molecular complexity index is 1800. The number of likely N-dealkylation sites (N-methyl/N-ethyl adjacent to an activating group) is 1. The van der Waals surface area contributed by atoms with E-state index in [1.807, 2.05) is 37.3 Å². The van der Waals surface area contributed by atoms with E-state index in [4.69, 9.17) is 32.7 Å². The molecular weight excluding hydrogens is 661 g/mol. The molecule has 1 N–H and O–H groups in total. The van der Waals surface area contributed by atoms with Gasteiger partial charge in [0.1, 0.15) is 24.1 Å². The number of methoxy groups -OCH3 is 2. The van der Waals surface area contributed by atoms with Crippen LogP contribution in [-0.4, -0.2) is 58.5 Å². The van der Waals surface area contributed by atoms with E-state index in [2.05, 4.69) is 5.32 Å². The second-order valence-electron chi connectivity index (χ2n) is 10.7. The van der Waals surface area contributed by atoms with Crippen LogP contribution in [0.1, 0.15) is 23.6 Å². The molecule has 1 atom stereocenters. The van der Waals surface area contributed by atoms with Gasteiger partial charge in [0.15, 0.2) is 0 Å². The average molecular weight is 699 g/mol. The molecule has 0 spiro atoms. The molecule has 0 fully saturated rings. The molecule has 0 radical (unpaired) electrons. The summed E-state index contributed by atoms with van der Waals surface area (Å²) >= 11 is 12.5. The predicted octanol–water partition coefficient (Wildman–Crippen LogP) is 6.29. The first-order valence-corrected chi connectivity index (χ1v) is 17.0. The van der Waals surface area contributed by atoms with Crippen molar-refractivity contribution < 1.29 is 27.5 Å². The van der Waals surface area contributed by atoms with Crippen molar-refractivity contribution in [2.75, 3.05) is 31.6 Å². The molecule has 4 aromatic carbocycles. The van der Waals surface area contributed by atoms with Gasteiger partial charge in [-0.2, -0.15) is 0 Å². The quantitative estimate of drug-likeness (QED) is 0.166. The van der Waals surface area contributed by atoms with Crippen molar-refractivity contribution in [1.29, 1.82) is 0 Å². The topological polar surface area (TPSA) is 105 Å². The molecule has 9 nitrogen and oxygen atoms in total. The Balaban J connectivity index is 1.87. The minimum atomic E-state index is -4.35. The Kier molecular flexibility index (Phi) is 12.1. The standard InChI is InChI=1S/C35H37Cl2N3O6S/c1-5-38-35(42)32(20-25-9-7-6-8-10-25)39(22-26-13-17-29(36)30(37)19-26)34(41)23-40(31-21-27(45-3)14-18-33(31)46-4)47(43,44)28-15-11-24(2)12-16-28/h6-19,21,32H,5,20,22-23H2,1-4H3,(H,38,42)/t32-/m1/s1. The van der Waals surface area contributed by atoms with E-state index < -0.39 is 34.4 Å². The Morgan fingerprint density at radius 3 is 2.17 bits per heavy atom. The van der Waals surface area contributed by atoms with Crippen LogP contribution in [0.4, 0.5) is 5.69 Å². The van der Waals surface area contributed by atoms with E-state index in [0.29, 0.717) is 22.9 Å². The summed E-state index contributed by atoms with van der Waals surface area (Å²) in [5, 5.41) is 3.45. The van der Waals surface area contributed by atoms with Crippen LogP contribution in [0, 0.1) is 6.92 Å². The molecule has 248 valence electrons. The number of benzene rings is 4. The fourth-order valence-electron chi connectivity index (χ4n) is 5.02. The number of hydrogen-bond donors (Lipinski definition) is 1. The maximum Gasteiger partial charge on any atom is 0.264 e. The zero-order valence-electron chi connectivity index (χ0n) is 26.6. The highest BCUT2D eigenvalue weighted by Crippen LogP contribution is 2.36. The molecule has 0 aliphatic heterocycles.